The van der Waals surface area contributed by atoms with Gasteiger partial charge in [0.05, 0.1) is 13.7 Å². The highest BCUT2D eigenvalue weighted by molar-refractivity contribution is 5.78. The van der Waals surface area contributed by atoms with Crippen LogP contribution >= 0.6 is 0 Å². The van der Waals surface area contributed by atoms with E-state index in [1.165, 1.54) is 0 Å². The Bertz CT molecular complexity index is 728. The van der Waals surface area contributed by atoms with Gasteiger partial charge in [-0.3, -0.25) is 4.79 Å². The first kappa shape index (κ1) is 18.3. The normalized spacial score (nSPS) is 16.7. The molecule has 0 aliphatic carbocycles. The molecule has 6 heteroatoms. The van der Waals surface area contributed by atoms with Crippen LogP contribution < -0.4 is 9.47 Å². The van der Waals surface area contributed by atoms with Crippen molar-refractivity contribution in [1.82, 2.24) is 9.47 Å². The molecule has 2 aromatic rings. The van der Waals surface area contributed by atoms with Crippen LogP contribution in [0.15, 0.2) is 42.6 Å². The van der Waals surface area contributed by atoms with Crippen molar-refractivity contribution in [2.24, 2.45) is 5.92 Å². The van der Waals surface area contributed by atoms with Crippen molar-refractivity contribution in [3.63, 3.8) is 0 Å². The summed E-state index contributed by atoms with van der Waals surface area (Å²) in [6, 6.07) is 11.5. The number of aromatic nitrogens is 1. The molecule has 1 atom stereocenters. The van der Waals surface area contributed by atoms with Crippen LogP contribution in [0.1, 0.15) is 12.1 Å². The van der Waals surface area contributed by atoms with Gasteiger partial charge in [0, 0.05) is 38.7 Å². The van der Waals surface area contributed by atoms with Gasteiger partial charge in [-0.1, -0.05) is 12.1 Å². The fraction of sp³-hybridized carbons (Fsp3) is 0.450. The lowest BCUT2D eigenvalue weighted by molar-refractivity contribution is -0.134. The van der Waals surface area contributed by atoms with E-state index >= 15 is 0 Å². The largest absolute Gasteiger partial charge is 0.493 e. The van der Waals surface area contributed by atoms with Crippen molar-refractivity contribution < 1.29 is 19.0 Å². The third-order valence-electron chi connectivity index (χ3n) is 4.71. The van der Waals surface area contributed by atoms with Crippen molar-refractivity contribution in [3.8, 4) is 11.5 Å². The van der Waals surface area contributed by atoms with Crippen molar-refractivity contribution in [2.45, 2.75) is 19.5 Å². The van der Waals surface area contributed by atoms with E-state index < -0.39 is 0 Å². The summed E-state index contributed by atoms with van der Waals surface area (Å²) < 4.78 is 18.5. The van der Waals surface area contributed by atoms with E-state index in [0.717, 1.165) is 18.7 Å². The summed E-state index contributed by atoms with van der Waals surface area (Å²) in [7, 11) is 3.30. The molecule has 26 heavy (non-hydrogen) atoms. The van der Waals surface area contributed by atoms with E-state index in [9.17, 15) is 4.79 Å². The molecule has 0 saturated carbocycles. The lowest BCUT2D eigenvalue weighted by Crippen LogP contribution is -2.37. The summed E-state index contributed by atoms with van der Waals surface area (Å²) in [5.74, 6) is 1.55. The molecule has 0 N–H and O–H groups in total. The number of fused-ring (bicyclic) bond motifs is 1. The van der Waals surface area contributed by atoms with E-state index in [1.54, 1.807) is 20.3 Å². The van der Waals surface area contributed by atoms with Gasteiger partial charge in [0.25, 0.3) is 5.91 Å². The summed E-state index contributed by atoms with van der Waals surface area (Å²) in [6.45, 7) is 2.91. The highest BCUT2D eigenvalue weighted by Crippen LogP contribution is 2.26. The highest BCUT2D eigenvalue weighted by atomic mass is 16.5. The molecule has 1 unspecified atom stereocenters. The molecule has 0 spiro atoms. The standard InChI is InChI=1S/C20H26N2O4/c1-24-11-9-16-12-21-10-5-6-17(21)14-22(13-16)20(23)15-26-19-8-4-3-7-18(19)25-2/h3-8,10,16H,9,11-15H2,1-2H3. The molecule has 1 aliphatic heterocycles. The Morgan fingerprint density at radius 3 is 2.69 bits per heavy atom. The van der Waals surface area contributed by atoms with Crippen LogP contribution in [0, 0.1) is 5.92 Å². The number of ether oxygens (including phenoxy) is 3. The minimum absolute atomic E-state index is 0.00191. The maximum atomic E-state index is 12.8. The van der Waals surface area contributed by atoms with E-state index in [0.29, 0.717) is 37.1 Å². The number of hydrogen-bond acceptors (Lipinski definition) is 4. The van der Waals surface area contributed by atoms with E-state index in [1.807, 2.05) is 29.2 Å². The zero-order chi connectivity index (χ0) is 18.4. The number of amides is 1. The summed E-state index contributed by atoms with van der Waals surface area (Å²) in [5.41, 5.74) is 1.15. The first-order chi connectivity index (χ1) is 12.7. The molecule has 2 heterocycles. The SMILES string of the molecule is COCCC1CN(C(=O)COc2ccccc2OC)Cc2cccn2C1. The molecular weight excluding hydrogens is 332 g/mol. The zero-order valence-electron chi connectivity index (χ0n) is 15.4. The molecule has 0 radical (unpaired) electrons. The number of hydrogen-bond donors (Lipinski definition) is 0. The van der Waals surface area contributed by atoms with Crippen molar-refractivity contribution in [2.75, 3.05) is 34.0 Å². The molecule has 3 rings (SSSR count). The molecule has 1 aromatic carbocycles. The second-order valence-corrected chi connectivity index (χ2v) is 6.51. The summed E-state index contributed by atoms with van der Waals surface area (Å²) in [4.78, 5) is 14.7. The molecule has 6 nitrogen and oxygen atoms in total. The van der Waals surface area contributed by atoms with Gasteiger partial charge in [-0.15, -0.1) is 0 Å². The van der Waals surface area contributed by atoms with Gasteiger partial charge >= 0.3 is 0 Å². The molecule has 1 amide bonds. The molecule has 1 aliphatic rings. The summed E-state index contributed by atoms with van der Waals surface area (Å²) in [5, 5.41) is 0. The second-order valence-electron chi connectivity index (χ2n) is 6.51. The van der Waals surface area contributed by atoms with E-state index in [4.69, 9.17) is 14.2 Å². The van der Waals surface area contributed by atoms with Crippen LogP contribution in [-0.4, -0.2) is 49.4 Å². The minimum Gasteiger partial charge on any atom is -0.493 e. The van der Waals surface area contributed by atoms with Crippen molar-refractivity contribution >= 4 is 5.91 Å². The van der Waals surface area contributed by atoms with Crippen LogP contribution in [-0.2, 0) is 22.6 Å². The number of carbonyl (C=O) groups is 1. The third-order valence-corrected chi connectivity index (χ3v) is 4.71. The lowest BCUT2D eigenvalue weighted by atomic mass is 10.1. The maximum absolute atomic E-state index is 12.8. The first-order valence-electron chi connectivity index (χ1n) is 8.87. The van der Waals surface area contributed by atoms with Crippen LogP contribution in [0.3, 0.4) is 0 Å². The number of rotatable bonds is 7. The Morgan fingerprint density at radius 2 is 1.92 bits per heavy atom. The lowest BCUT2D eigenvalue weighted by Gasteiger charge is -2.24. The van der Waals surface area contributed by atoms with Crippen molar-refractivity contribution in [1.29, 1.82) is 0 Å². The Labute approximate surface area is 154 Å². The Kier molecular flexibility index (Phi) is 6.17. The third kappa shape index (κ3) is 4.38. The van der Waals surface area contributed by atoms with Gasteiger partial charge in [-0.2, -0.15) is 0 Å². The quantitative estimate of drug-likeness (QED) is 0.763. The number of methoxy groups -OCH3 is 2. The minimum atomic E-state index is -0.0204. The van der Waals surface area contributed by atoms with Crippen LogP contribution in [0.2, 0.25) is 0 Å². The Morgan fingerprint density at radius 1 is 1.12 bits per heavy atom. The molecular formula is C20H26N2O4. The van der Waals surface area contributed by atoms with Gasteiger partial charge in [-0.05, 0) is 36.6 Å². The number of carbonyl (C=O) groups excluding carboxylic acids is 1. The molecule has 0 bridgehead atoms. The van der Waals surface area contributed by atoms with Gasteiger partial charge in [-0.25, -0.2) is 0 Å². The highest BCUT2D eigenvalue weighted by Gasteiger charge is 2.25. The monoisotopic (exact) mass is 358 g/mol. The van der Waals surface area contributed by atoms with Gasteiger partial charge in [0.2, 0.25) is 0 Å². The Hall–Kier alpha value is -2.47. The maximum Gasteiger partial charge on any atom is 0.260 e. The average molecular weight is 358 g/mol. The zero-order valence-corrected chi connectivity index (χ0v) is 15.4. The molecule has 0 fully saturated rings. The van der Waals surface area contributed by atoms with E-state index in [2.05, 4.69) is 16.8 Å². The molecule has 1 aromatic heterocycles. The molecule has 0 saturated heterocycles. The fourth-order valence-electron chi connectivity index (χ4n) is 3.30. The average Bonchev–Trinajstić information content (AvgIpc) is 3.02. The molecule has 140 valence electrons. The van der Waals surface area contributed by atoms with Gasteiger partial charge in [0.1, 0.15) is 0 Å². The van der Waals surface area contributed by atoms with Crippen LogP contribution in [0.25, 0.3) is 0 Å². The number of nitrogens with zero attached hydrogens (tertiary/aromatic N) is 2. The smallest absolute Gasteiger partial charge is 0.260 e. The van der Waals surface area contributed by atoms with Gasteiger partial charge < -0.3 is 23.7 Å². The van der Waals surface area contributed by atoms with E-state index in [-0.39, 0.29) is 12.5 Å². The number of para-hydroxylation sites is 2. The fourth-order valence-corrected chi connectivity index (χ4v) is 3.30. The summed E-state index contributed by atoms with van der Waals surface area (Å²) >= 11 is 0. The van der Waals surface area contributed by atoms with Crippen LogP contribution in [0.4, 0.5) is 0 Å². The number of benzene rings is 1. The predicted octanol–water partition coefficient (Wildman–Crippen LogP) is 2.57. The van der Waals surface area contributed by atoms with Crippen molar-refractivity contribution in [3.05, 3.63) is 48.3 Å². The van der Waals surface area contributed by atoms with Gasteiger partial charge in [0.15, 0.2) is 18.1 Å². The predicted molar refractivity (Wildman–Crippen MR) is 98.3 cm³/mol. The second kappa shape index (κ2) is 8.76. The topological polar surface area (TPSA) is 52.9 Å². The first-order valence-corrected chi connectivity index (χ1v) is 8.87. The van der Waals surface area contributed by atoms with Crippen LogP contribution in [0.5, 0.6) is 11.5 Å². The summed E-state index contributed by atoms with van der Waals surface area (Å²) in [6.07, 6.45) is 3.00. The Balaban J connectivity index is 1.67.